The number of carbonyl (C=O) groups is 1. The maximum atomic E-state index is 11.6. The molecule has 0 saturated carbocycles. The second-order valence-corrected chi connectivity index (χ2v) is 4.95. The standard InChI is InChI=1S/C17H16O2/c1-11-16(7-8-17(11)18)14-4-3-13-10-15(19-2)6-5-12(13)9-14/h3-6,9-10H,7-8H2,1-2H3. The second kappa shape index (κ2) is 4.54. The Hall–Kier alpha value is -2.09. The van der Waals surface area contributed by atoms with E-state index in [1.807, 2.05) is 19.1 Å². The molecule has 2 heteroatoms. The lowest BCUT2D eigenvalue weighted by atomic mass is 9.99. The Morgan fingerprint density at radius 2 is 1.74 bits per heavy atom. The minimum absolute atomic E-state index is 0.282. The molecule has 3 rings (SSSR count). The van der Waals surface area contributed by atoms with Gasteiger partial charge in [-0.25, -0.2) is 0 Å². The van der Waals surface area contributed by atoms with Gasteiger partial charge in [0.05, 0.1) is 7.11 Å². The molecule has 1 aliphatic rings. The summed E-state index contributed by atoms with van der Waals surface area (Å²) in [5.74, 6) is 1.15. The zero-order valence-electron chi connectivity index (χ0n) is 11.2. The maximum absolute atomic E-state index is 11.6. The molecule has 0 aromatic heterocycles. The smallest absolute Gasteiger partial charge is 0.159 e. The molecule has 0 bridgehead atoms. The van der Waals surface area contributed by atoms with Crippen molar-refractivity contribution in [3.05, 3.63) is 47.5 Å². The van der Waals surface area contributed by atoms with Gasteiger partial charge in [0, 0.05) is 6.42 Å². The summed E-state index contributed by atoms with van der Waals surface area (Å²) in [5.41, 5.74) is 3.29. The van der Waals surface area contributed by atoms with Crippen LogP contribution >= 0.6 is 0 Å². The topological polar surface area (TPSA) is 26.3 Å². The first-order valence-corrected chi connectivity index (χ1v) is 6.50. The van der Waals surface area contributed by atoms with Crippen molar-refractivity contribution in [2.24, 2.45) is 0 Å². The predicted molar refractivity (Wildman–Crippen MR) is 77.3 cm³/mol. The number of benzene rings is 2. The zero-order valence-corrected chi connectivity index (χ0v) is 11.2. The van der Waals surface area contributed by atoms with Gasteiger partial charge in [-0.3, -0.25) is 4.79 Å². The maximum Gasteiger partial charge on any atom is 0.159 e. The minimum Gasteiger partial charge on any atom is -0.497 e. The number of carbonyl (C=O) groups excluding carboxylic acids is 1. The average molecular weight is 252 g/mol. The van der Waals surface area contributed by atoms with E-state index < -0.39 is 0 Å². The van der Waals surface area contributed by atoms with Crippen LogP contribution < -0.4 is 4.74 Å². The van der Waals surface area contributed by atoms with Crippen LogP contribution in [-0.4, -0.2) is 12.9 Å². The van der Waals surface area contributed by atoms with Gasteiger partial charge in [-0.05, 0) is 59.0 Å². The van der Waals surface area contributed by atoms with E-state index in [1.165, 1.54) is 16.5 Å². The van der Waals surface area contributed by atoms with Gasteiger partial charge in [-0.15, -0.1) is 0 Å². The molecule has 0 radical (unpaired) electrons. The molecule has 0 atom stereocenters. The highest BCUT2D eigenvalue weighted by atomic mass is 16.5. The lowest BCUT2D eigenvalue weighted by Gasteiger charge is -2.07. The number of hydrogen-bond donors (Lipinski definition) is 0. The van der Waals surface area contributed by atoms with Gasteiger partial charge in [0.2, 0.25) is 0 Å². The van der Waals surface area contributed by atoms with Gasteiger partial charge in [-0.2, -0.15) is 0 Å². The van der Waals surface area contributed by atoms with Gasteiger partial charge >= 0.3 is 0 Å². The van der Waals surface area contributed by atoms with E-state index in [0.29, 0.717) is 6.42 Å². The fourth-order valence-corrected chi connectivity index (χ4v) is 2.68. The third-order valence-corrected chi connectivity index (χ3v) is 3.87. The van der Waals surface area contributed by atoms with E-state index >= 15 is 0 Å². The Labute approximate surface area is 112 Å². The minimum atomic E-state index is 0.282. The van der Waals surface area contributed by atoms with Crippen LogP contribution in [0.4, 0.5) is 0 Å². The molecule has 0 N–H and O–H groups in total. The third-order valence-electron chi connectivity index (χ3n) is 3.87. The fourth-order valence-electron chi connectivity index (χ4n) is 2.68. The molecule has 2 nitrogen and oxygen atoms in total. The molecular formula is C17H16O2. The van der Waals surface area contributed by atoms with E-state index in [9.17, 15) is 4.79 Å². The number of hydrogen-bond acceptors (Lipinski definition) is 2. The van der Waals surface area contributed by atoms with Gasteiger partial charge in [0.25, 0.3) is 0 Å². The highest BCUT2D eigenvalue weighted by Crippen LogP contribution is 2.33. The summed E-state index contributed by atoms with van der Waals surface area (Å²) in [6, 6.07) is 12.4. The molecule has 19 heavy (non-hydrogen) atoms. The number of ether oxygens (including phenoxy) is 1. The predicted octanol–water partition coefficient (Wildman–Crippen LogP) is 3.98. The number of Topliss-reactive ketones (excluding diaryl/α,β-unsaturated/α-hetero) is 1. The van der Waals surface area contributed by atoms with E-state index in [4.69, 9.17) is 4.74 Å². The van der Waals surface area contributed by atoms with Crippen LogP contribution in [0.3, 0.4) is 0 Å². The van der Waals surface area contributed by atoms with Crippen LogP contribution in [0.2, 0.25) is 0 Å². The second-order valence-electron chi connectivity index (χ2n) is 4.95. The summed E-state index contributed by atoms with van der Waals surface area (Å²) in [7, 11) is 1.67. The molecule has 0 spiro atoms. The van der Waals surface area contributed by atoms with Crippen LogP contribution in [0.25, 0.3) is 16.3 Å². The summed E-state index contributed by atoms with van der Waals surface area (Å²) in [6.07, 6.45) is 1.52. The van der Waals surface area contributed by atoms with Crippen LogP contribution in [-0.2, 0) is 4.79 Å². The van der Waals surface area contributed by atoms with Crippen molar-refractivity contribution >= 4 is 22.1 Å². The van der Waals surface area contributed by atoms with E-state index in [1.54, 1.807) is 7.11 Å². The molecule has 0 amide bonds. The number of ketones is 1. The van der Waals surface area contributed by atoms with Crippen molar-refractivity contribution < 1.29 is 9.53 Å². The third kappa shape index (κ3) is 2.03. The summed E-state index contributed by atoms with van der Waals surface area (Å²) in [4.78, 5) is 11.6. The first-order valence-electron chi connectivity index (χ1n) is 6.50. The molecular weight excluding hydrogens is 236 g/mol. The number of allylic oxidation sites excluding steroid dienone is 2. The SMILES string of the molecule is COc1ccc2cc(C3=C(C)C(=O)CC3)ccc2c1. The van der Waals surface area contributed by atoms with Gasteiger partial charge in [-0.1, -0.05) is 18.2 Å². The van der Waals surface area contributed by atoms with E-state index in [0.717, 1.165) is 23.1 Å². The Balaban J connectivity index is 2.10. The van der Waals surface area contributed by atoms with Crippen LogP contribution in [0.5, 0.6) is 5.75 Å². The summed E-state index contributed by atoms with van der Waals surface area (Å²) >= 11 is 0. The molecule has 0 unspecified atom stereocenters. The summed E-state index contributed by atoms with van der Waals surface area (Å²) in [5, 5.41) is 2.34. The van der Waals surface area contributed by atoms with Gasteiger partial charge < -0.3 is 4.74 Å². The van der Waals surface area contributed by atoms with E-state index in [2.05, 4.69) is 24.3 Å². The number of fused-ring (bicyclic) bond motifs is 1. The highest BCUT2D eigenvalue weighted by Gasteiger charge is 2.20. The number of rotatable bonds is 2. The normalized spacial score (nSPS) is 15.4. The van der Waals surface area contributed by atoms with Crippen molar-refractivity contribution in [2.45, 2.75) is 19.8 Å². The summed E-state index contributed by atoms with van der Waals surface area (Å²) in [6.45, 7) is 1.93. The monoisotopic (exact) mass is 252 g/mol. The zero-order chi connectivity index (χ0) is 13.4. The van der Waals surface area contributed by atoms with Crippen molar-refractivity contribution in [1.82, 2.24) is 0 Å². The molecule has 2 aromatic carbocycles. The average Bonchev–Trinajstić information content (AvgIpc) is 2.78. The Morgan fingerprint density at radius 1 is 1.00 bits per heavy atom. The molecule has 1 aliphatic carbocycles. The van der Waals surface area contributed by atoms with Crippen molar-refractivity contribution in [1.29, 1.82) is 0 Å². The Kier molecular flexibility index (Phi) is 2.86. The molecule has 0 aliphatic heterocycles. The van der Waals surface area contributed by atoms with Crippen molar-refractivity contribution in [3.8, 4) is 5.75 Å². The van der Waals surface area contributed by atoms with Gasteiger partial charge in [0.15, 0.2) is 5.78 Å². The summed E-state index contributed by atoms with van der Waals surface area (Å²) < 4.78 is 5.23. The van der Waals surface area contributed by atoms with E-state index in [-0.39, 0.29) is 5.78 Å². The van der Waals surface area contributed by atoms with Crippen LogP contribution in [0.15, 0.2) is 42.0 Å². The highest BCUT2D eigenvalue weighted by molar-refractivity contribution is 6.07. The van der Waals surface area contributed by atoms with Crippen LogP contribution in [0.1, 0.15) is 25.3 Å². The molecule has 96 valence electrons. The molecule has 0 saturated heterocycles. The fraction of sp³-hybridized carbons (Fsp3) is 0.235. The lowest BCUT2D eigenvalue weighted by Crippen LogP contribution is -1.90. The quantitative estimate of drug-likeness (QED) is 0.808. The van der Waals surface area contributed by atoms with Crippen LogP contribution in [0, 0.1) is 0 Å². The molecule has 2 aromatic rings. The molecule has 0 heterocycles. The first-order chi connectivity index (χ1) is 9.19. The largest absolute Gasteiger partial charge is 0.497 e. The molecule has 0 fully saturated rings. The van der Waals surface area contributed by atoms with Crippen molar-refractivity contribution in [3.63, 3.8) is 0 Å². The Bertz CT molecular complexity index is 695. The van der Waals surface area contributed by atoms with Gasteiger partial charge in [0.1, 0.15) is 5.75 Å². The lowest BCUT2D eigenvalue weighted by molar-refractivity contribution is -0.114. The Morgan fingerprint density at radius 3 is 2.42 bits per heavy atom. The first kappa shape index (κ1) is 12.0. The van der Waals surface area contributed by atoms with Crippen molar-refractivity contribution in [2.75, 3.05) is 7.11 Å². The number of methoxy groups -OCH3 is 1.